The van der Waals surface area contributed by atoms with E-state index < -0.39 is 21.6 Å². The summed E-state index contributed by atoms with van der Waals surface area (Å²) >= 11 is 1.37. The Bertz CT molecular complexity index is 1130. The monoisotopic (exact) mass is 388 g/mol. The Kier molecular flexibility index (Phi) is 4.88. The molecule has 0 atom stereocenters. The maximum atomic E-state index is 12.7. The molecular weight excluding hydrogens is 372 g/mol. The summed E-state index contributed by atoms with van der Waals surface area (Å²) in [5.41, 5.74) is 0.316. The minimum atomic E-state index is -4.07. The molecule has 6 nitrogen and oxygen atoms in total. The van der Waals surface area contributed by atoms with E-state index in [1.54, 1.807) is 36.4 Å². The van der Waals surface area contributed by atoms with Crippen molar-refractivity contribution < 1.29 is 13.2 Å². The molecule has 2 aromatic carbocycles. The van der Waals surface area contributed by atoms with Gasteiger partial charge in [0.1, 0.15) is 0 Å². The van der Waals surface area contributed by atoms with E-state index in [1.807, 2.05) is 13.2 Å². The summed E-state index contributed by atoms with van der Waals surface area (Å²) in [4.78, 5) is 26.0. The molecular formula is C18H16N2O4S2. The van der Waals surface area contributed by atoms with E-state index in [0.29, 0.717) is 14.4 Å². The first-order valence-corrected chi connectivity index (χ1v) is 10.3. The van der Waals surface area contributed by atoms with Crippen molar-refractivity contribution in [2.75, 3.05) is 6.26 Å². The van der Waals surface area contributed by atoms with Crippen molar-refractivity contribution in [3.8, 4) is 0 Å². The lowest BCUT2D eigenvalue weighted by molar-refractivity contribution is 0.0953. The fourth-order valence-corrected chi connectivity index (χ4v) is 4.28. The molecule has 3 rings (SSSR count). The zero-order valence-electron chi connectivity index (χ0n) is 14.1. The molecule has 0 spiro atoms. The van der Waals surface area contributed by atoms with Crippen molar-refractivity contribution in [2.24, 2.45) is 0 Å². The molecule has 0 unspecified atom stereocenters. The largest absolute Gasteiger partial charge is 0.349 e. The van der Waals surface area contributed by atoms with Gasteiger partial charge in [0.15, 0.2) is 0 Å². The third-order valence-electron chi connectivity index (χ3n) is 3.88. The van der Waals surface area contributed by atoms with E-state index in [1.165, 1.54) is 30.1 Å². The zero-order chi connectivity index (χ0) is 18.9. The minimum absolute atomic E-state index is 0.0140. The van der Waals surface area contributed by atoms with E-state index in [0.717, 1.165) is 16.3 Å². The van der Waals surface area contributed by atoms with Crippen LogP contribution in [0.1, 0.15) is 15.9 Å². The summed E-state index contributed by atoms with van der Waals surface area (Å²) < 4.78 is 26.8. The molecule has 0 aliphatic carbocycles. The normalized spacial score (nSPS) is 11.5. The number of carbonyl (C=O) groups is 1. The summed E-state index contributed by atoms with van der Waals surface area (Å²) in [5, 5.41) is 0. The number of carbonyl (C=O) groups excluding carboxylic acids is 1. The van der Waals surface area contributed by atoms with Gasteiger partial charge in [0.25, 0.3) is 15.9 Å². The number of rotatable bonds is 4. The number of imidazole rings is 1. The summed E-state index contributed by atoms with van der Waals surface area (Å²) in [5.74, 6) is -0.571. The van der Waals surface area contributed by atoms with Crippen LogP contribution in [-0.2, 0) is 10.0 Å². The summed E-state index contributed by atoms with van der Waals surface area (Å²) in [6, 6.07) is 13.0. The molecule has 3 aromatic rings. The van der Waals surface area contributed by atoms with Crippen molar-refractivity contribution in [3.63, 3.8) is 0 Å². The first-order valence-electron chi connectivity index (χ1n) is 7.66. The van der Waals surface area contributed by atoms with Gasteiger partial charge in [-0.05, 0) is 37.4 Å². The summed E-state index contributed by atoms with van der Waals surface area (Å²) in [6.45, 7) is 1.83. The lowest BCUT2D eigenvalue weighted by Crippen LogP contribution is -2.32. The highest BCUT2D eigenvalue weighted by Gasteiger charge is 2.23. The van der Waals surface area contributed by atoms with Crippen molar-refractivity contribution >= 4 is 27.7 Å². The van der Waals surface area contributed by atoms with Crippen LogP contribution < -0.4 is 5.69 Å². The molecule has 0 radical (unpaired) electrons. The van der Waals surface area contributed by atoms with Crippen molar-refractivity contribution in [2.45, 2.75) is 16.7 Å². The van der Waals surface area contributed by atoms with Crippen LogP contribution in [0.3, 0.4) is 0 Å². The lowest BCUT2D eigenvalue weighted by Gasteiger charge is -2.06. The second-order valence-electron chi connectivity index (χ2n) is 5.57. The molecule has 0 aliphatic rings. The average Bonchev–Trinajstić information content (AvgIpc) is 3.03. The smallest absolute Gasteiger partial charge is 0.268 e. The molecule has 0 saturated heterocycles. The van der Waals surface area contributed by atoms with Gasteiger partial charge < -0.3 is 0 Å². The highest BCUT2D eigenvalue weighted by molar-refractivity contribution is 7.98. The third-order valence-corrected chi connectivity index (χ3v) is 6.34. The standard InChI is InChI=1S/C18H16N2O4S2/c1-13-7-9-14(10-8-13)26(23,24)20-12-11-19(18(20)22)17(21)15-5-3-4-6-16(15)25-2/h3-12H,1-2H3. The fraction of sp³-hybridized carbons (Fsp3) is 0.111. The molecule has 1 aromatic heterocycles. The Morgan fingerprint density at radius 1 is 1.00 bits per heavy atom. The number of benzene rings is 2. The highest BCUT2D eigenvalue weighted by atomic mass is 32.2. The number of aromatic nitrogens is 2. The molecule has 8 heteroatoms. The zero-order valence-corrected chi connectivity index (χ0v) is 15.8. The van der Waals surface area contributed by atoms with Crippen molar-refractivity contribution in [1.29, 1.82) is 0 Å². The van der Waals surface area contributed by atoms with Gasteiger partial charge in [-0.3, -0.25) is 4.79 Å². The van der Waals surface area contributed by atoms with Crippen LogP contribution >= 0.6 is 11.8 Å². The van der Waals surface area contributed by atoms with Gasteiger partial charge in [-0.1, -0.05) is 29.8 Å². The van der Waals surface area contributed by atoms with E-state index >= 15 is 0 Å². The van der Waals surface area contributed by atoms with Crippen molar-refractivity contribution in [3.05, 3.63) is 82.5 Å². The molecule has 0 aliphatic heterocycles. The summed E-state index contributed by atoms with van der Waals surface area (Å²) in [7, 11) is -4.07. The minimum Gasteiger partial charge on any atom is -0.268 e. The molecule has 0 saturated carbocycles. The first-order chi connectivity index (χ1) is 12.4. The van der Waals surface area contributed by atoms with Crippen LogP contribution in [0.2, 0.25) is 0 Å². The van der Waals surface area contributed by atoms with Crippen LogP contribution in [0.5, 0.6) is 0 Å². The van der Waals surface area contributed by atoms with Crippen LogP contribution in [0.4, 0.5) is 0 Å². The number of hydrogen-bond acceptors (Lipinski definition) is 5. The van der Waals surface area contributed by atoms with E-state index in [2.05, 4.69) is 0 Å². The first kappa shape index (κ1) is 18.2. The average molecular weight is 388 g/mol. The van der Waals surface area contributed by atoms with Crippen LogP contribution in [-0.4, -0.2) is 29.1 Å². The molecule has 26 heavy (non-hydrogen) atoms. The number of hydrogen-bond donors (Lipinski definition) is 0. The summed E-state index contributed by atoms with van der Waals surface area (Å²) in [6.07, 6.45) is 4.09. The van der Waals surface area contributed by atoms with E-state index in [4.69, 9.17) is 0 Å². The molecule has 1 heterocycles. The molecule has 0 fully saturated rings. The predicted molar refractivity (Wildman–Crippen MR) is 100 cm³/mol. The SMILES string of the molecule is CSc1ccccc1C(=O)n1ccn(S(=O)(=O)c2ccc(C)cc2)c1=O. The maximum Gasteiger partial charge on any atom is 0.349 e. The third kappa shape index (κ3) is 3.13. The van der Waals surface area contributed by atoms with Gasteiger partial charge in [-0.2, -0.15) is 3.97 Å². The second kappa shape index (κ2) is 6.97. The number of nitrogens with zero attached hydrogens (tertiary/aromatic N) is 2. The van der Waals surface area contributed by atoms with Gasteiger partial charge in [-0.25, -0.2) is 17.8 Å². The Hall–Kier alpha value is -2.58. The molecule has 0 N–H and O–H groups in total. The Morgan fingerprint density at radius 3 is 2.31 bits per heavy atom. The predicted octanol–water partition coefficient (Wildman–Crippen LogP) is 2.61. The highest BCUT2D eigenvalue weighted by Crippen LogP contribution is 2.20. The second-order valence-corrected chi connectivity index (χ2v) is 8.23. The van der Waals surface area contributed by atoms with Crippen molar-refractivity contribution in [1.82, 2.24) is 8.54 Å². The molecule has 134 valence electrons. The van der Waals surface area contributed by atoms with Gasteiger partial charge in [-0.15, -0.1) is 11.8 Å². The van der Waals surface area contributed by atoms with Crippen LogP contribution in [0.25, 0.3) is 0 Å². The van der Waals surface area contributed by atoms with Gasteiger partial charge in [0, 0.05) is 17.3 Å². The van der Waals surface area contributed by atoms with Gasteiger partial charge >= 0.3 is 5.69 Å². The van der Waals surface area contributed by atoms with Gasteiger partial charge in [0.2, 0.25) is 0 Å². The van der Waals surface area contributed by atoms with Crippen LogP contribution in [0.15, 0.2) is 75.5 Å². The molecule has 0 bridgehead atoms. The van der Waals surface area contributed by atoms with Crippen LogP contribution in [0, 0.1) is 6.92 Å². The number of thioether (sulfide) groups is 1. The Morgan fingerprint density at radius 2 is 1.65 bits per heavy atom. The Balaban J connectivity index is 2.07. The maximum absolute atomic E-state index is 12.7. The topological polar surface area (TPSA) is 78.1 Å². The van der Waals surface area contributed by atoms with Gasteiger partial charge in [0.05, 0.1) is 10.5 Å². The Labute approximate surface area is 155 Å². The van der Waals surface area contributed by atoms with E-state index in [-0.39, 0.29) is 4.90 Å². The number of aryl methyl sites for hydroxylation is 1. The molecule has 0 amide bonds. The lowest BCUT2D eigenvalue weighted by atomic mass is 10.2. The quantitative estimate of drug-likeness (QED) is 0.642. The fourth-order valence-electron chi connectivity index (χ4n) is 2.47. The van der Waals surface area contributed by atoms with E-state index in [9.17, 15) is 18.0 Å².